The van der Waals surface area contributed by atoms with E-state index in [-0.39, 0.29) is 23.5 Å². The first-order valence-corrected chi connectivity index (χ1v) is 10.9. The van der Waals surface area contributed by atoms with Gasteiger partial charge in [0.1, 0.15) is 0 Å². The monoisotopic (exact) mass is 429 g/mol. The van der Waals surface area contributed by atoms with Crippen LogP contribution in [0.1, 0.15) is 63.7 Å². The van der Waals surface area contributed by atoms with Crippen LogP contribution in [-0.2, 0) is 26.8 Å². The molecule has 1 saturated heterocycles. The highest BCUT2D eigenvalue weighted by Crippen LogP contribution is 2.40. The van der Waals surface area contributed by atoms with Gasteiger partial charge in [0, 0.05) is 43.4 Å². The number of nitrogens with one attached hydrogen (secondary N) is 1. The summed E-state index contributed by atoms with van der Waals surface area (Å²) in [4.78, 5) is 17.0. The van der Waals surface area contributed by atoms with Gasteiger partial charge in [-0.15, -0.1) is 0 Å². The average molecular weight is 430 g/mol. The molecular formula is C23H31N3O5. The van der Waals surface area contributed by atoms with Crippen molar-refractivity contribution < 1.29 is 23.5 Å². The van der Waals surface area contributed by atoms with Crippen LogP contribution in [0.3, 0.4) is 0 Å². The molecule has 8 nitrogen and oxygen atoms in total. The van der Waals surface area contributed by atoms with Crippen LogP contribution in [0.15, 0.2) is 22.7 Å². The molecule has 0 atom stereocenters. The highest BCUT2D eigenvalue weighted by Gasteiger charge is 2.36. The minimum atomic E-state index is -0.164. The zero-order valence-corrected chi connectivity index (χ0v) is 18.5. The van der Waals surface area contributed by atoms with Gasteiger partial charge in [0.15, 0.2) is 17.3 Å². The van der Waals surface area contributed by atoms with Crippen LogP contribution >= 0.6 is 0 Å². The minimum Gasteiger partial charge on any atom is -0.454 e. The Morgan fingerprint density at radius 3 is 2.68 bits per heavy atom. The minimum absolute atomic E-state index is 0.0298. The van der Waals surface area contributed by atoms with Crippen LogP contribution in [0.5, 0.6) is 11.5 Å². The standard InChI is InChI=1S/C23H31N3O5/c1-22(2,3)21-25-20(31-26-21)6-4-5-19(27)24-14-23(9-11-28-12-10-23)16-7-8-17-18(13-16)30-15-29-17/h7-8,13H,4-6,9-12,14-15H2,1-3H3,(H,24,27). The molecule has 0 saturated carbocycles. The first-order chi connectivity index (χ1) is 14.9. The molecule has 168 valence electrons. The number of hydrogen-bond acceptors (Lipinski definition) is 7. The summed E-state index contributed by atoms with van der Waals surface area (Å²) in [5.74, 6) is 2.84. The zero-order valence-electron chi connectivity index (χ0n) is 18.5. The summed E-state index contributed by atoms with van der Waals surface area (Å²) in [6, 6.07) is 6.07. The number of benzene rings is 1. The second-order valence-corrected chi connectivity index (χ2v) is 9.35. The van der Waals surface area contributed by atoms with Gasteiger partial charge < -0.3 is 24.1 Å². The topological polar surface area (TPSA) is 95.7 Å². The van der Waals surface area contributed by atoms with Crippen LogP contribution in [0.4, 0.5) is 0 Å². The number of amides is 1. The normalized spacial score (nSPS) is 17.5. The van der Waals surface area contributed by atoms with Crippen LogP contribution in [0.2, 0.25) is 0 Å². The van der Waals surface area contributed by atoms with Gasteiger partial charge in [0.05, 0.1) is 0 Å². The molecule has 1 aromatic carbocycles. The molecule has 1 fully saturated rings. The molecule has 31 heavy (non-hydrogen) atoms. The van der Waals surface area contributed by atoms with E-state index in [2.05, 4.69) is 21.5 Å². The number of fused-ring (bicyclic) bond motifs is 1. The fourth-order valence-corrected chi connectivity index (χ4v) is 3.97. The number of nitrogens with zero attached hydrogens (tertiary/aromatic N) is 2. The largest absolute Gasteiger partial charge is 0.454 e. The Morgan fingerprint density at radius 1 is 1.16 bits per heavy atom. The third kappa shape index (κ3) is 5.01. The number of aromatic nitrogens is 2. The lowest BCUT2D eigenvalue weighted by molar-refractivity contribution is -0.121. The van der Waals surface area contributed by atoms with E-state index in [1.807, 2.05) is 32.9 Å². The Bertz CT molecular complexity index is 912. The maximum absolute atomic E-state index is 12.5. The molecule has 0 unspecified atom stereocenters. The number of carbonyl (C=O) groups excluding carboxylic acids is 1. The predicted octanol–water partition coefficient (Wildman–Crippen LogP) is 3.28. The van der Waals surface area contributed by atoms with Crippen molar-refractivity contribution in [2.24, 2.45) is 0 Å². The Hall–Kier alpha value is -2.61. The van der Waals surface area contributed by atoms with Gasteiger partial charge in [0.2, 0.25) is 18.6 Å². The maximum atomic E-state index is 12.5. The lowest BCUT2D eigenvalue weighted by Crippen LogP contribution is -2.44. The van der Waals surface area contributed by atoms with Crippen molar-refractivity contribution in [3.8, 4) is 11.5 Å². The summed E-state index contributed by atoms with van der Waals surface area (Å²) < 4.78 is 21.9. The van der Waals surface area contributed by atoms with Crippen molar-refractivity contribution in [3.63, 3.8) is 0 Å². The summed E-state index contributed by atoms with van der Waals surface area (Å²) >= 11 is 0. The SMILES string of the molecule is CC(C)(C)c1noc(CCCC(=O)NCC2(c3ccc4c(c3)OCO4)CCOCC2)n1. The van der Waals surface area contributed by atoms with Crippen molar-refractivity contribution >= 4 is 5.91 Å². The summed E-state index contributed by atoms with van der Waals surface area (Å²) in [5, 5.41) is 7.17. The summed E-state index contributed by atoms with van der Waals surface area (Å²) in [5.41, 5.74) is 0.843. The van der Waals surface area contributed by atoms with Crippen molar-refractivity contribution in [3.05, 3.63) is 35.5 Å². The van der Waals surface area contributed by atoms with Crippen molar-refractivity contribution in [2.45, 2.75) is 63.7 Å². The van der Waals surface area contributed by atoms with Gasteiger partial charge >= 0.3 is 0 Å². The molecule has 2 aliphatic rings. The molecule has 3 heterocycles. The third-order valence-corrected chi connectivity index (χ3v) is 5.99. The Kier molecular flexibility index (Phi) is 6.18. The Morgan fingerprint density at radius 2 is 1.94 bits per heavy atom. The van der Waals surface area contributed by atoms with Crippen LogP contribution in [-0.4, -0.2) is 42.6 Å². The first-order valence-electron chi connectivity index (χ1n) is 10.9. The van der Waals surface area contributed by atoms with E-state index in [0.29, 0.717) is 50.7 Å². The second-order valence-electron chi connectivity index (χ2n) is 9.35. The summed E-state index contributed by atoms with van der Waals surface area (Å²) in [6.07, 6.45) is 3.38. The van der Waals surface area contributed by atoms with Gasteiger partial charge in [0.25, 0.3) is 0 Å². The predicted molar refractivity (Wildman–Crippen MR) is 113 cm³/mol. The maximum Gasteiger partial charge on any atom is 0.231 e. The molecule has 1 aromatic heterocycles. The molecule has 0 bridgehead atoms. The summed E-state index contributed by atoms with van der Waals surface area (Å²) in [7, 11) is 0. The highest BCUT2D eigenvalue weighted by molar-refractivity contribution is 5.76. The van der Waals surface area contributed by atoms with Gasteiger partial charge in [-0.25, -0.2) is 0 Å². The summed E-state index contributed by atoms with van der Waals surface area (Å²) in [6.45, 7) is 8.31. The fourth-order valence-electron chi connectivity index (χ4n) is 3.97. The number of aryl methyl sites for hydroxylation is 1. The van der Waals surface area contributed by atoms with Gasteiger partial charge in [-0.05, 0) is 37.0 Å². The van der Waals surface area contributed by atoms with Crippen molar-refractivity contribution in [1.82, 2.24) is 15.5 Å². The number of hydrogen-bond donors (Lipinski definition) is 1. The lowest BCUT2D eigenvalue weighted by Gasteiger charge is -2.38. The fraction of sp³-hybridized carbons (Fsp3) is 0.609. The average Bonchev–Trinajstić information content (AvgIpc) is 3.42. The first kappa shape index (κ1) is 21.6. The van der Waals surface area contributed by atoms with Crippen molar-refractivity contribution in [1.29, 1.82) is 0 Å². The highest BCUT2D eigenvalue weighted by atomic mass is 16.7. The van der Waals surface area contributed by atoms with Crippen LogP contribution < -0.4 is 14.8 Å². The number of ether oxygens (including phenoxy) is 3. The molecule has 4 rings (SSSR count). The van der Waals surface area contributed by atoms with E-state index in [4.69, 9.17) is 18.7 Å². The molecular weight excluding hydrogens is 398 g/mol. The molecule has 1 N–H and O–H groups in total. The van der Waals surface area contributed by atoms with Crippen molar-refractivity contribution in [2.75, 3.05) is 26.6 Å². The van der Waals surface area contributed by atoms with E-state index < -0.39 is 0 Å². The van der Waals surface area contributed by atoms with Gasteiger partial charge in [-0.2, -0.15) is 4.98 Å². The molecule has 0 aliphatic carbocycles. The molecule has 2 aliphatic heterocycles. The molecule has 0 radical (unpaired) electrons. The van der Waals surface area contributed by atoms with Crippen LogP contribution in [0, 0.1) is 0 Å². The second kappa shape index (κ2) is 8.86. The molecule has 8 heteroatoms. The van der Waals surface area contributed by atoms with Gasteiger partial charge in [-0.1, -0.05) is 32.0 Å². The van der Waals surface area contributed by atoms with E-state index in [0.717, 1.165) is 29.9 Å². The quantitative estimate of drug-likeness (QED) is 0.721. The van der Waals surface area contributed by atoms with Crippen LogP contribution in [0.25, 0.3) is 0 Å². The van der Waals surface area contributed by atoms with Gasteiger partial charge in [-0.3, -0.25) is 4.79 Å². The van der Waals surface area contributed by atoms with E-state index >= 15 is 0 Å². The lowest BCUT2D eigenvalue weighted by atomic mass is 9.74. The Labute approximate surface area is 182 Å². The Balaban J connectivity index is 1.32. The molecule has 1 amide bonds. The number of carbonyl (C=O) groups is 1. The van der Waals surface area contributed by atoms with E-state index in [9.17, 15) is 4.79 Å². The zero-order chi connectivity index (χ0) is 21.9. The number of rotatable bonds is 7. The molecule has 2 aromatic rings. The smallest absolute Gasteiger partial charge is 0.231 e. The third-order valence-electron chi connectivity index (χ3n) is 5.99. The molecule has 0 spiro atoms. The van der Waals surface area contributed by atoms with E-state index in [1.54, 1.807) is 0 Å². The van der Waals surface area contributed by atoms with E-state index in [1.165, 1.54) is 0 Å².